The van der Waals surface area contributed by atoms with Gasteiger partial charge in [0, 0.05) is 0 Å². The van der Waals surface area contributed by atoms with Crippen LogP contribution in [0.15, 0.2) is 60.7 Å². The predicted molar refractivity (Wildman–Crippen MR) is 103 cm³/mol. The first-order chi connectivity index (χ1) is 17.7. The standard InChI is InChI=1S/C22H16F14O3/c23-17(24,19(27,28)21(31,32)33)15(37-11-13-7-3-1-4-8-13)39-16(38-12-14-9-5-2-6-10-14)18(25,26)20(29,30)22(34,35)36/h1-10,15-16H,11-12H2. The summed E-state index contributed by atoms with van der Waals surface area (Å²) >= 11 is 0. The molecule has 0 saturated heterocycles. The fourth-order valence-electron chi connectivity index (χ4n) is 2.74. The Morgan fingerprint density at radius 3 is 1.00 bits per heavy atom. The van der Waals surface area contributed by atoms with Gasteiger partial charge in [-0.05, 0) is 11.1 Å². The summed E-state index contributed by atoms with van der Waals surface area (Å²) in [6.45, 7) is -2.72. The second-order valence-electron chi connectivity index (χ2n) is 7.78. The molecule has 0 aromatic heterocycles. The quantitative estimate of drug-likeness (QED) is 0.186. The molecule has 0 aliphatic heterocycles. The molecular formula is C22H16F14O3. The van der Waals surface area contributed by atoms with Crippen molar-refractivity contribution in [2.45, 2.75) is 61.8 Å². The molecule has 0 spiro atoms. The number of hydrogen-bond donors (Lipinski definition) is 0. The van der Waals surface area contributed by atoms with Crippen LogP contribution in [0.3, 0.4) is 0 Å². The van der Waals surface area contributed by atoms with Gasteiger partial charge in [-0.15, -0.1) is 0 Å². The molecule has 2 rings (SSSR count). The van der Waals surface area contributed by atoms with E-state index in [0.717, 1.165) is 24.3 Å². The van der Waals surface area contributed by atoms with Crippen LogP contribution in [0.5, 0.6) is 0 Å². The van der Waals surface area contributed by atoms with E-state index in [9.17, 15) is 61.5 Å². The zero-order valence-corrected chi connectivity index (χ0v) is 18.9. The Labute approximate surface area is 210 Å². The molecule has 0 amide bonds. The fraction of sp³-hybridized carbons (Fsp3) is 0.455. The van der Waals surface area contributed by atoms with Crippen molar-refractivity contribution >= 4 is 0 Å². The van der Waals surface area contributed by atoms with Crippen LogP contribution in [-0.4, -0.2) is 48.6 Å². The van der Waals surface area contributed by atoms with Gasteiger partial charge in [0.2, 0.25) is 12.6 Å². The molecule has 0 saturated carbocycles. The van der Waals surface area contributed by atoms with Crippen molar-refractivity contribution in [3.63, 3.8) is 0 Å². The second kappa shape index (κ2) is 11.4. The van der Waals surface area contributed by atoms with Crippen LogP contribution in [-0.2, 0) is 27.4 Å². The average molecular weight is 594 g/mol. The Bertz CT molecular complexity index is 956. The van der Waals surface area contributed by atoms with Gasteiger partial charge in [0.25, 0.3) is 0 Å². The molecule has 0 radical (unpaired) electrons. The van der Waals surface area contributed by atoms with E-state index in [1.165, 1.54) is 36.4 Å². The maximum atomic E-state index is 14.5. The fourth-order valence-corrected chi connectivity index (χ4v) is 2.74. The zero-order valence-electron chi connectivity index (χ0n) is 18.9. The highest BCUT2D eigenvalue weighted by atomic mass is 19.4. The van der Waals surface area contributed by atoms with Crippen molar-refractivity contribution < 1.29 is 75.7 Å². The lowest BCUT2D eigenvalue weighted by Crippen LogP contribution is -2.63. The van der Waals surface area contributed by atoms with Crippen molar-refractivity contribution in [1.29, 1.82) is 0 Å². The molecule has 2 unspecified atom stereocenters. The summed E-state index contributed by atoms with van der Waals surface area (Å²) < 4.78 is 201. The topological polar surface area (TPSA) is 27.7 Å². The molecule has 0 aliphatic rings. The highest BCUT2D eigenvalue weighted by molar-refractivity contribution is 5.14. The molecule has 3 nitrogen and oxygen atoms in total. The molecule has 2 atom stereocenters. The normalized spacial score (nSPS) is 15.7. The summed E-state index contributed by atoms with van der Waals surface area (Å²) in [4.78, 5) is 0. The predicted octanol–water partition coefficient (Wildman–Crippen LogP) is 7.75. The number of hydrogen-bond acceptors (Lipinski definition) is 3. The summed E-state index contributed by atoms with van der Waals surface area (Å²) in [5.41, 5.74) is -0.488. The maximum Gasteiger partial charge on any atom is 0.460 e. The molecule has 0 N–H and O–H groups in total. The summed E-state index contributed by atoms with van der Waals surface area (Å²) in [5.74, 6) is -27.5. The van der Waals surface area contributed by atoms with Gasteiger partial charge in [-0.3, -0.25) is 0 Å². The molecular weight excluding hydrogens is 578 g/mol. The van der Waals surface area contributed by atoms with Crippen LogP contribution < -0.4 is 0 Å². The number of halogens is 14. The summed E-state index contributed by atoms with van der Waals surface area (Å²) in [5, 5.41) is 0. The van der Waals surface area contributed by atoms with E-state index in [0.29, 0.717) is 0 Å². The molecule has 0 bridgehead atoms. The van der Waals surface area contributed by atoms with E-state index in [-0.39, 0.29) is 11.1 Å². The lowest BCUT2D eigenvalue weighted by Gasteiger charge is -2.38. The van der Waals surface area contributed by atoms with Crippen LogP contribution in [0.25, 0.3) is 0 Å². The van der Waals surface area contributed by atoms with Crippen LogP contribution >= 0.6 is 0 Å². The van der Waals surface area contributed by atoms with Crippen LogP contribution in [0.4, 0.5) is 61.5 Å². The monoisotopic (exact) mass is 594 g/mol. The van der Waals surface area contributed by atoms with Gasteiger partial charge in [0.05, 0.1) is 13.2 Å². The SMILES string of the molecule is FC(F)(F)C(F)(F)C(F)(F)C(OCc1ccccc1)OC(OCc1ccccc1)C(F)(F)C(F)(F)C(F)(F)F. The molecule has 17 heteroatoms. The minimum atomic E-state index is -7.10. The minimum absolute atomic E-state index is 0.244. The first kappa shape index (κ1) is 32.6. The lowest BCUT2D eigenvalue weighted by atomic mass is 10.1. The van der Waals surface area contributed by atoms with Gasteiger partial charge in [-0.25, -0.2) is 0 Å². The van der Waals surface area contributed by atoms with Crippen molar-refractivity contribution in [3.05, 3.63) is 71.8 Å². The van der Waals surface area contributed by atoms with Gasteiger partial charge in [0.15, 0.2) is 0 Å². The first-order valence-electron chi connectivity index (χ1n) is 10.3. The van der Waals surface area contributed by atoms with E-state index in [1.54, 1.807) is 0 Å². The van der Waals surface area contributed by atoms with Crippen LogP contribution in [0.2, 0.25) is 0 Å². The van der Waals surface area contributed by atoms with E-state index in [4.69, 9.17) is 0 Å². The summed E-state index contributed by atoms with van der Waals surface area (Å²) in [6, 6.07) is 11.6. The third-order valence-electron chi connectivity index (χ3n) is 4.88. The zero-order chi connectivity index (χ0) is 29.9. The number of ether oxygens (including phenoxy) is 3. The Morgan fingerprint density at radius 2 is 0.744 bits per heavy atom. The van der Waals surface area contributed by atoms with Gasteiger partial charge in [0.1, 0.15) is 0 Å². The number of benzene rings is 2. The Hall–Kier alpha value is -2.66. The highest BCUT2D eigenvalue weighted by Gasteiger charge is 2.79. The van der Waals surface area contributed by atoms with Gasteiger partial charge >= 0.3 is 36.0 Å². The Morgan fingerprint density at radius 1 is 0.462 bits per heavy atom. The minimum Gasteiger partial charge on any atom is -0.342 e. The Kier molecular flexibility index (Phi) is 9.55. The largest absolute Gasteiger partial charge is 0.460 e. The van der Waals surface area contributed by atoms with Crippen molar-refractivity contribution in [1.82, 2.24) is 0 Å². The van der Waals surface area contributed by atoms with Crippen molar-refractivity contribution in [3.8, 4) is 0 Å². The van der Waals surface area contributed by atoms with Crippen LogP contribution in [0.1, 0.15) is 11.1 Å². The molecule has 0 fully saturated rings. The third-order valence-corrected chi connectivity index (χ3v) is 4.88. The molecule has 2 aromatic carbocycles. The highest BCUT2D eigenvalue weighted by Crippen LogP contribution is 2.52. The lowest BCUT2D eigenvalue weighted by molar-refractivity contribution is -0.448. The molecule has 220 valence electrons. The third kappa shape index (κ3) is 6.92. The van der Waals surface area contributed by atoms with E-state index >= 15 is 0 Å². The Balaban J connectivity index is 2.56. The maximum absolute atomic E-state index is 14.5. The molecule has 0 heterocycles. The second-order valence-corrected chi connectivity index (χ2v) is 7.78. The summed E-state index contributed by atoms with van der Waals surface area (Å²) in [7, 11) is 0. The first-order valence-corrected chi connectivity index (χ1v) is 10.3. The van der Waals surface area contributed by atoms with E-state index in [2.05, 4.69) is 14.2 Å². The van der Waals surface area contributed by atoms with Gasteiger partial charge in [-0.2, -0.15) is 61.5 Å². The van der Waals surface area contributed by atoms with Crippen LogP contribution in [0, 0.1) is 0 Å². The molecule has 39 heavy (non-hydrogen) atoms. The molecule has 2 aromatic rings. The van der Waals surface area contributed by atoms with Crippen molar-refractivity contribution in [2.24, 2.45) is 0 Å². The van der Waals surface area contributed by atoms with E-state index in [1.807, 2.05) is 0 Å². The number of rotatable bonds is 12. The summed E-state index contributed by atoms with van der Waals surface area (Å²) in [6.07, 6.45) is -23.1. The number of alkyl halides is 14. The van der Waals surface area contributed by atoms with Gasteiger partial charge in [-0.1, -0.05) is 60.7 Å². The van der Waals surface area contributed by atoms with Crippen molar-refractivity contribution in [2.75, 3.05) is 0 Å². The van der Waals surface area contributed by atoms with Gasteiger partial charge < -0.3 is 14.2 Å². The van der Waals surface area contributed by atoms with E-state index < -0.39 is 61.8 Å². The smallest absolute Gasteiger partial charge is 0.342 e. The average Bonchev–Trinajstić information content (AvgIpc) is 2.83. The molecule has 0 aliphatic carbocycles.